The molecule has 0 bridgehead atoms. The van der Waals surface area contributed by atoms with E-state index in [9.17, 15) is 0 Å². The van der Waals surface area contributed by atoms with Gasteiger partial charge < -0.3 is 9.94 Å². The van der Waals surface area contributed by atoms with Crippen molar-refractivity contribution in [3.8, 4) is 5.75 Å². The molecule has 1 heterocycles. The van der Waals surface area contributed by atoms with E-state index in [2.05, 4.69) is 16.9 Å². The number of aryl methyl sites for hydroxylation is 1. The van der Waals surface area contributed by atoms with E-state index in [1.54, 1.807) is 7.11 Å². The van der Waals surface area contributed by atoms with E-state index in [0.717, 1.165) is 22.3 Å². The number of methoxy groups -OCH3 is 1. The number of fused-ring (bicyclic) bond motifs is 1. The Labute approximate surface area is 88.3 Å². The van der Waals surface area contributed by atoms with E-state index in [-0.39, 0.29) is 0 Å². The van der Waals surface area contributed by atoms with Gasteiger partial charge in [0.05, 0.1) is 7.11 Å². The first-order chi connectivity index (χ1) is 7.31. The molecule has 0 spiro atoms. The summed E-state index contributed by atoms with van der Waals surface area (Å²) in [6.45, 7) is 1.98. The molecule has 15 heavy (non-hydrogen) atoms. The number of pyridine rings is 1. The molecular formula is C11H14N2O2. The molecule has 80 valence electrons. The van der Waals surface area contributed by atoms with Crippen LogP contribution < -0.4 is 10.6 Å². The molecular weight excluding hydrogens is 192 g/mol. The smallest absolute Gasteiger partial charge is 0.145 e. The molecule has 4 nitrogen and oxygen atoms in total. The Morgan fingerprint density at radius 1 is 1.20 bits per heavy atom. The fraction of sp³-hybridized carbons (Fsp3) is 0.182. The number of hydrogen-bond donors (Lipinski definition) is 2. The third kappa shape index (κ3) is 2.43. The van der Waals surface area contributed by atoms with Gasteiger partial charge >= 0.3 is 0 Å². The Kier molecular flexibility index (Phi) is 4.03. The lowest BCUT2D eigenvalue weighted by Crippen LogP contribution is -1.88. The zero-order valence-corrected chi connectivity index (χ0v) is 8.77. The zero-order chi connectivity index (χ0) is 11.3. The number of benzene rings is 1. The maximum Gasteiger partial charge on any atom is 0.145 e. The van der Waals surface area contributed by atoms with E-state index >= 15 is 0 Å². The molecule has 1 aromatic heterocycles. The quantitative estimate of drug-likeness (QED) is 0.699. The summed E-state index contributed by atoms with van der Waals surface area (Å²) in [7, 11) is 1.67. The normalized spacial score (nSPS) is 9.33. The molecule has 2 aromatic rings. The van der Waals surface area contributed by atoms with Gasteiger partial charge in [-0.15, -0.1) is 0 Å². The highest BCUT2D eigenvalue weighted by Gasteiger charge is 2.00. The average molecular weight is 206 g/mol. The van der Waals surface area contributed by atoms with Crippen LogP contribution in [0.15, 0.2) is 30.3 Å². The Morgan fingerprint density at radius 3 is 2.60 bits per heavy atom. The van der Waals surface area contributed by atoms with E-state index in [4.69, 9.17) is 9.94 Å². The monoisotopic (exact) mass is 206 g/mol. The minimum atomic E-state index is 0.834. The minimum Gasteiger partial charge on any atom is -0.494 e. The average Bonchev–Trinajstić information content (AvgIpc) is 2.31. The van der Waals surface area contributed by atoms with Gasteiger partial charge in [-0.1, -0.05) is 18.2 Å². The lowest BCUT2D eigenvalue weighted by Gasteiger charge is -2.04. The Balaban J connectivity index is 0.000000531. The summed E-state index contributed by atoms with van der Waals surface area (Å²) in [5.74, 6) is 4.33. The van der Waals surface area contributed by atoms with Crippen LogP contribution in [0.5, 0.6) is 5.75 Å². The number of para-hydroxylation sites is 1. The number of ether oxygens (including phenoxy) is 1. The zero-order valence-electron chi connectivity index (χ0n) is 8.77. The first-order valence-electron chi connectivity index (χ1n) is 4.47. The molecule has 0 saturated carbocycles. The van der Waals surface area contributed by atoms with Crippen molar-refractivity contribution < 1.29 is 9.94 Å². The van der Waals surface area contributed by atoms with Crippen LogP contribution in [-0.2, 0) is 0 Å². The standard InChI is InChI=1S/C11H11NO.H3NO/c1-8-6-7-9-4-3-5-10(13-2)11(9)12-8;1-2/h3-7H,1-2H3;2H,1H2. The molecule has 1 aromatic carbocycles. The molecule has 0 aliphatic rings. The molecule has 0 saturated heterocycles. The van der Waals surface area contributed by atoms with Crippen LogP contribution in [0.2, 0.25) is 0 Å². The Bertz CT molecular complexity index is 444. The fourth-order valence-corrected chi connectivity index (χ4v) is 1.38. The van der Waals surface area contributed by atoms with Gasteiger partial charge in [0.1, 0.15) is 11.3 Å². The SMILES string of the molecule is COc1cccc2ccc(C)nc12.NO. The second-order valence-corrected chi connectivity index (χ2v) is 2.98. The minimum absolute atomic E-state index is 0.834. The number of nitrogens with zero attached hydrogens (tertiary/aromatic N) is 1. The number of nitrogens with two attached hydrogens (primary N) is 1. The van der Waals surface area contributed by atoms with E-state index in [1.165, 1.54) is 0 Å². The van der Waals surface area contributed by atoms with E-state index in [1.807, 2.05) is 31.2 Å². The Morgan fingerprint density at radius 2 is 1.93 bits per heavy atom. The summed E-state index contributed by atoms with van der Waals surface area (Å²) in [5, 5.41) is 7.62. The number of hydrogen-bond acceptors (Lipinski definition) is 4. The predicted molar refractivity (Wildman–Crippen MR) is 59.0 cm³/mol. The highest BCUT2D eigenvalue weighted by Crippen LogP contribution is 2.22. The second kappa shape index (κ2) is 5.29. The van der Waals surface area contributed by atoms with E-state index in [0.29, 0.717) is 0 Å². The van der Waals surface area contributed by atoms with Gasteiger partial charge in [0.25, 0.3) is 0 Å². The van der Waals surface area contributed by atoms with Crippen LogP contribution in [0.1, 0.15) is 5.69 Å². The summed E-state index contributed by atoms with van der Waals surface area (Å²) < 4.78 is 5.22. The third-order valence-electron chi connectivity index (χ3n) is 2.04. The summed E-state index contributed by atoms with van der Waals surface area (Å²) in [6.07, 6.45) is 0. The van der Waals surface area contributed by atoms with Crippen LogP contribution in [0.4, 0.5) is 0 Å². The maximum absolute atomic E-state index is 6.50. The van der Waals surface area contributed by atoms with Gasteiger partial charge in [0, 0.05) is 11.1 Å². The molecule has 2 rings (SSSR count). The molecule has 0 aliphatic carbocycles. The highest BCUT2D eigenvalue weighted by molar-refractivity contribution is 5.84. The molecule has 0 fully saturated rings. The number of rotatable bonds is 1. The lowest BCUT2D eigenvalue weighted by molar-refractivity contribution is 0.311. The van der Waals surface area contributed by atoms with Crippen molar-refractivity contribution in [2.75, 3.05) is 7.11 Å². The molecule has 0 atom stereocenters. The van der Waals surface area contributed by atoms with E-state index < -0.39 is 0 Å². The van der Waals surface area contributed by atoms with Crippen molar-refractivity contribution in [2.24, 2.45) is 5.90 Å². The molecule has 3 N–H and O–H groups in total. The molecule has 0 unspecified atom stereocenters. The van der Waals surface area contributed by atoms with Gasteiger partial charge in [-0.2, -0.15) is 0 Å². The summed E-state index contributed by atoms with van der Waals surface area (Å²) in [4.78, 5) is 4.42. The van der Waals surface area contributed by atoms with Gasteiger partial charge in [-0.25, -0.2) is 10.9 Å². The van der Waals surface area contributed by atoms with Crippen molar-refractivity contribution in [1.29, 1.82) is 0 Å². The van der Waals surface area contributed by atoms with Gasteiger partial charge in [-0.05, 0) is 19.1 Å². The molecule has 0 radical (unpaired) electrons. The number of aromatic nitrogens is 1. The maximum atomic E-state index is 6.50. The van der Waals surface area contributed by atoms with Crippen LogP contribution in [0.25, 0.3) is 10.9 Å². The summed E-state index contributed by atoms with van der Waals surface area (Å²) in [5.41, 5.74) is 1.95. The first-order valence-corrected chi connectivity index (χ1v) is 4.47. The largest absolute Gasteiger partial charge is 0.494 e. The van der Waals surface area contributed by atoms with Gasteiger partial charge in [0.15, 0.2) is 0 Å². The second-order valence-electron chi connectivity index (χ2n) is 2.98. The van der Waals surface area contributed by atoms with Crippen LogP contribution in [0.3, 0.4) is 0 Å². The van der Waals surface area contributed by atoms with Crippen molar-refractivity contribution in [3.63, 3.8) is 0 Å². The topological polar surface area (TPSA) is 68.4 Å². The van der Waals surface area contributed by atoms with Crippen molar-refractivity contribution in [1.82, 2.24) is 4.98 Å². The van der Waals surface area contributed by atoms with Crippen molar-refractivity contribution in [3.05, 3.63) is 36.0 Å². The molecule has 0 aliphatic heterocycles. The predicted octanol–water partition coefficient (Wildman–Crippen LogP) is 1.89. The molecule has 0 amide bonds. The first kappa shape index (κ1) is 11.4. The lowest BCUT2D eigenvalue weighted by atomic mass is 10.2. The Hall–Kier alpha value is -1.65. The highest BCUT2D eigenvalue weighted by atomic mass is 16.5. The third-order valence-corrected chi connectivity index (χ3v) is 2.04. The van der Waals surface area contributed by atoms with Crippen LogP contribution >= 0.6 is 0 Å². The summed E-state index contributed by atoms with van der Waals surface area (Å²) >= 11 is 0. The van der Waals surface area contributed by atoms with Crippen LogP contribution in [-0.4, -0.2) is 17.3 Å². The summed E-state index contributed by atoms with van der Waals surface area (Å²) in [6, 6.07) is 9.99. The fourth-order valence-electron chi connectivity index (χ4n) is 1.38. The van der Waals surface area contributed by atoms with Crippen molar-refractivity contribution >= 4 is 10.9 Å². The van der Waals surface area contributed by atoms with Crippen LogP contribution in [0, 0.1) is 6.92 Å². The van der Waals surface area contributed by atoms with Crippen molar-refractivity contribution in [2.45, 2.75) is 6.92 Å². The van der Waals surface area contributed by atoms with Gasteiger partial charge in [0.2, 0.25) is 0 Å². The van der Waals surface area contributed by atoms with Gasteiger partial charge in [-0.3, -0.25) is 0 Å². The molecule has 4 heteroatoms.